The van der Waals surface area contributed by atoms with Gasteiger partial charge >= 0.3 is 0 Å². The number of rotatable bonds is 2. The average molecular weight is 213 g/mol. The van der Waals surface area contributed by atoms with Gasteiger partial charge in [0, 0.05) is 17.3 Å². The Kier molecular flexibility index (Phi) is 2.86. The van der Waals surface area contributed by atoms with Crippen molar-refractivity contribution >= 4 is 5.82 Å². The molecule has 0 saturated heterocycles. The first-order valence-electron chi connectivity index (χ1n) is 5.39. The van der Waals surface area contributed by atoms with Gasteiger partial charge in [0.25, 0.3) is 0 Å². The lowest BCUT2D eigenvalue weighted by Gasteiger charge is -2.04. The Bertz CT molecular complexity index is 489. The molecule has 0 spiro atoms. The number of hydrogen-bond donors (Lipinski definition) is 1. The molecule has 16 heavy (non-hydrogen) atoms. The van der Waals surface area contributed by atoms with Gasteiger partial charge < -0.3 is 5.73 Å². The Balaban J connectivity index is 2.47. The zero-order valence-corrected chi connectivity index (χ0v) is 9.57. The van der Waals surface area contributed by atoms with E-state index < -0.39 is 0 Å². The molecule has 0 aliphatic heterocycles. The van der Waals surface area contributed by atoms with Crippen LogP contribution in [-0.2, 0) is 6.42 Å². The fourth-order valence-electron chi connectivity index (χ4n) is 1.53. The SMILES string of the molecule is CCc1cc(N)nc(-c2ccc(C)cc2)n1. The Morgan fingerprint density at radius 3 is 2.44 bits per heavy atom. The summed E-state index contributed by atoms with van der Waals surface area (Å²) < 4.78 is 0. The van der Waals surface area contributed by atoms with Crippen LogP contribution in [0.25, 0.3) is 11.4 Å². The quantitative estimate of drug-likeness (QED) is 0.834. The number of hydrogen-bond acceptors (Lipinski definition) is 3. The monoisotopic (exact) mass is 213 g/mol. The molecule has 2 aromatic rings. The summed E-state index contributed by atoms with van der Waals surface area (Å²) in [5.41, 5.74) is 8.96. The molecule has 0 aliphatic carbocycles. The zero-order valence-electron chi connectivity index (χ0n) is 9.57. The topological polar surface area (TPSA) is 51.8 Å². The van der Waals surface area contributed by atoms with Crippen molar-refractivity contribution in [3.8, 4) is 11.4 Å². The van der Waals surface area contributed by atoms with Crippen molar-refractivity contribution in [2.75, 3.05) is 5.73 Å². The lowest BCUT2D eigenvalue weighted by molar-refractivity contribution is 1.01. The first kappa shape index (κ1) is 10.6. The van der Waals surface area contributed by atoms with E-state index in [4.69, 9.17) is 5.73 Å². The summed E-state index contributed by atoms with van der Waals surface area (Å²) in [5.74, 6) is 1.24. The molecule has 1 aromatic heterocycles. The first-order valence-corrected chi connectivity index (χ1v) is 5.39. The van der Waals surface area contributed by atoms with E-state index in [0.29, 0.717) is 11.6 Å². The Labute approximate surface area is 95.4 Å². The highest BCUT2D eigenvalue weighted by Gasteiger charge is 2.03. The molecule has 0 saturated carbocycles. The predicted octanol–water partition coefficient (Wildman–Crippen LogP) is 2.60. The predicted molar refractivity (Wildman–Crippen MR) is 66.0 cm³/mol. The van der Waals surface area contributed by atoms with E-state index in [0.717, 1.165) is 17.7 Å². The van der Waals surface area contributed by atoms with Crippen LogP contribution in [0.15, 0.2) is 30.3 Å². The molecule has 0 radical (unpaired) electrons. The van der Waals surface area contributed by atoms with Crippen molar-refractivity contribution in [3.63, 3.8) is 0 Å². The molecule has 0 bridgehead atoms. The number of nitrogens with two attached hydrogens (primary N) is 1. The molecule has 82 valence electrons. The van der Waals surface area contributed by atoms with Crippen LogP contribution in [0.5, 0.6) is 0 Å². The highest BCUT2D eigenvalue weighted by Crippen LogP contribution is 2.17. The van der Waals surface area contributed by atoms with Crippen molar-refractivity contribution in [1.29, 1.82) is 0 Å². The van der Waals surface area contributed by atoms with Gasteiger partial charge in [0.1, 0.15) is 5.82 Å². The summed E-state index contributed by atoms with van der Waals surface area (Å²) in [6, 6.07) is 9.95. The van der Waals surface area contributed by atoms with Crippen LogP contribution in [0.3, 0.4) is 0 Å². The van der Waals surface area contributed by atoms with Gasteiger partial charge in [-0.05, 0) is 13.3 Å². The summed E-state index contributed by atoms with van der Waals surface area (Å²) in [5, 5.41) is 0. The summed E-state index contributed by atoms with van der Waals surface area (Å²) in [7, 11) is 0. The molecular weight excluding hydrogens is 198 g/mol. The molecule has 0 aliphatic rings. The molecule has 1 aromatic carbocycles. The minimum atomic E-state index is 0.530. The van der Waals surface area contributed by atoms with Crippen LogP contribution >= 0.6 is 0 Å². The molecule has 0 atom stereocenters. The molecule has 3 heteroatoms. The van der Waals surface area contributed by atoms with Gasteiger partial charge in [0.15, 0.2) is 5.82 Å². The Hall–Kier alpha value is -1.90. The smallest absolute Gasteiger partial charge is 0.161 e. The second-order valence-electron chi connectivity index (χ2n) is 3.83. The number of aromatic nitrogens is 2. The molecule has 3 nitrogen and oxygen atoms in total. The van der Waals surface area contributed by atoms with Crippen molar-refractivity contribution in [1.82, 2.24) is 9.97 Å². The molecular formula is C13H15N3. The Morgan fingerprint density at radius 2 is 1.81 bits per heavy atom. The fourth-order valence-corrected chi connectivity index (χ4v) is 1.53. The summed E-state index contributed by atoms with van der Waals surface area (Å²) in [6.07, 6.45) is 0.867. The molecule has 2 N–H and O–H groups in total. The highest BCUT2D eigenvalue weighted by atomic mass is 14.9. The second kappa shape index (κ2) is 4.31. The number of aryl methyl sites for hydroxylation is 2. The van der Waals surface area contributed by atoms with Gasteiger partial charge in [0.05, 0.1) is 0 Å². The second-order valence-corrected chi connectivity index (χ2v) is 3.83. The van der Waals surface area contributed by atoms with E-state index in [1.165, 1.54) is 5.56 Å². The van der Waals surface area contributed by atoms with E-state index >= 15 is 0 Å². The van der Waals surface area contributed by atoms with Crippen LogP contribution in [0.4, 0.5) is 5.82 Å². The van der Waals surface area contributed by atoms with Gasteiger partial charge in [-0.2, -0.15) is 0 Å². The van der Waals surface area contributed by atoms with E-state index in [-0.39, 0.29) is 0 Å². The zero-order chi connectivity index (χ0) is 11.5. The third-order valence-electron chi connectivity index (χ3n) is 2.47. The van der Waals surface area contributed by atoms with E-state index in [2.05, 4.69) is 23.8 Å². The molecule has 2 rings (SSSR count). The first-order chi connectivity index (χ1) is 7.69. The van der Waals surface area contributed by atoms with Crippen LogP contribution in [0.2, 0.25) is 0 Å². The van der Waals surface area contributed by atoms with Gasteiger partial charge in [-0.3, -0.25) is 0 Å². The van der Waals surface area contributed by atoms with Crippen molar-refractivity contribution in [2.24, 2.45) is 0 Å². The van der Waals surface area contributed by atoms with Crippen LogP contribution in [0, 0.1) is 6.92 Å². The van der Waals surface area contributed by atoms with Gasteiger partial charge in [-0.1, -0.05) is 36.8 Å². The van der Waals surface area contributed by atoms with E-state index in [9.17, 15) is 0 Å². The maximum atomic E-state index is 5.75. The van der Waals surface area contributed by atoms with Crippen LogP contribution in [-0.4, -0.2) is 9.97 Å². The number of nitrogens with zero attached hydrogens (tertiary/aromatic N) is 2. The maximum Gasteiger partial charge on any atom is 0.161 e. The van der Waals surface area contributed by atoms with E-state index in [1.807, 2.05) is 30.3 Å². The third kappa shape index (κ3) is 2.19. The van der Waals surface area contributed by atoms with Gasteiger partial charge in [-0.25, -0.2) is 9.97 Å². The van der Waals surface area contributed by atoms with Crippen LogP contribution in [0.1, 0.15) is 18.2 Å². The number of anilines is 1. The number of benzene rings is 1. The molecule has 0 unspecified atom stereocenters. The van der Waals surface area contributed by atoms with Gasteiger partial charge in [0.2, 0.25) is 0 Å². The molecule has 0 fully saturated rings. The minimum Gasteiger partial charge on any atom is -0.384 e. The third-order valence-corrected chi connectivity index (χ3v) is 2.47. The van der Waals surface area contributed by atoms with Crippen molar-refractivity contribution in [2.45, 2.75) is 20.3 Å². The standard InChI is InChI=1S/C13H15N3/c1-3-11-8-12(14)16-13(15-11)10-6-4-9(2)5-7-10/h4-8H,3H2,1-2H3,(H2,14,15,16). The minimum absolute atomic E-state index is 0.530. The van der Waals surface area contributed by atoms with Crippen LogP contribution < -0.4 is 5.73 Å². The summed E-state index contributed by atoms with van der Waals surface area (Å²) >= 11 is 0. The normalized spacial score (nSPS) is 10.4. The maximum absolute atomic E-state index is 5.75. The highest BCUT2D eigenvalue weighted by molar-refractivity contribution is 5.57. The lowest BCUT2D eigenvalue weighted by Crippen LogP contribution is -1.99. The largest absolute Gasteiger partial charge is 0.384 e. The van der Waals surface area contributed by atoms with Crippen molar-refractivity contribution < 1.29 is 0 Å². The lowest BCUT2D eigenvalue weighted by atomic mass is 10.1. The molecule has 0 amide bonds. The molecule has 1 heterocycles. The Morgan fingerprint density at radius 1 is 1.12 bits per heavy atom. The fraction of sp³-hybridized carbons (Fsp3) is 0.231. The van der Waals surface area contributed by atoms with Gasteiger partial charge in [-0.15, -0.1) is 0 Å². The van der Waals surface area contributed by atoms with E-state index in [1.54, 1.807) is 0 Å². The van der Waals surface area contributed by atoms with Crippen molar-refractivity contribution in [3.05, 3.63) is 41.6 Å². The number of nitrogen functional groups attached to an aromatic ring is 1. The summed E-state index contributed by atoms with van der Waals surface area (Å²) in [6.45, 7) is 4.11. The summed E-state index contributed by atoms with van der Waals surface area (Å²) in [4.78, 5) is 8.71. The average Bonchev–Trinajstić information content (AvgIpc) is 2.29.